The predicted octanol–water partition coefficient (Wildman–Crippen LogP) is 4.11. The fraction of sp³-hybridized carbons (Fsp3) is 0.375. The third-order valence-electron chi connectivity index (χ3n) is 5.20. The number of ether oxygens (including phenoxy) is 2. The van der Waals surface area contributed by atoms with Gasteiger partial charge in [0.25, 0.3) is 0 Å². The number of hydrogen-bond acceptors (Lipinski definition) is 5. The molecule has 0 unspecified atom stereocenters. The average Bonchev–Trinajstić information content (AvgIpc) is 3.37. The molecular weight excluding hydrogens is 446 g/mol. The molecule has 2 aromatic heterocycles. The first kappa shape index (κ1) is 25.1. The van der Waals surface area contributed by atoms with Gasteiger partial charge in [0.15, 0.2) is 0 Å². The zero-order chi connectivity index (χ0) is 23.4. The minimum atomic E-state index is -0.585. The van der Waals surface area contributed by atoms with Crippen LogP contribution in [0.25, 0.3) is 16.8 Å². The summed E-state index contributed by atoms with van der Waals surface area (Å²) >= 11 is 0. The van der Waals surface area contributed by atoms with Crippen LogP contribution in [0.3, 0.4) is 0 Å². The molecule has 1 aliphatic heterocycles. The van der Waals surface area contributed by atoms with Crippen molar-refractivity contribution in [2.75, 3.05) is 31.3 Å². The number of benzene rings is 1. The Bertz CT molecular complexity index is 1170. The fourth-order valence-corrected chi connectivity index (χ4v) is 3.61. The number of cyclic esters (lactones) is 1. The van der Waals surface area contributed by atoms with Gasteiger partial charge < -0.3 is 19.2 Å². The highest BCUT2D eigenvalue weighted by Gasteiger charge is 2.32. The molecule has 2 amide bonds. The van der Waals surface area contributed by atoms with Crippen LogP contribution >= 0.6 is 0 Å². The number of imidazole rings is 1. The molecule has 8 nitrogen and oxygen atoms in total. The predicted molar refractivity (Wildman–Crippen MR) is 124 cm³/mol. The lowest BCUT2D eigenvalue weighted by atomic mass is 10.1. The number of aromatic nitrogens is 2. The molecule has 0 saturated carbocycles. The Kier molecular flexibility index (Phi) is 8.17. The number of rotatable bonds is 9. The van der Waals surface area contributed by atoms with Crippen molar-refractivity contribution in [3.05, 3.63) is 54.2 Å². The first-order valence-electron chi connectivity index (χ1n) is 10.6. The summed E-state index contributed by atoms with van der Waals surface area (Å²) in [6.45, 7) is 1.98. The molecule has 0 bridgehead atoms. The number of hydrogen-bond donors (Lipinski definition) is 1. The summed E-state index contributed by atoms with van der Waals surface area (Å²) in [6, 6.07) is 8.10. The molecule has 4 rings (SSSR count). The lowest BCUT2D eigenvalue weighted by Crippen LogP contribution is -2.33. The van der Waals surface area contributed by atoms with Crippen molar-refractivity contribution in [2.24, 2.45) is 0 Å². The number of alkyl halides is 1. The van der Waals surface area contributed by atoms with E-state index in [9.17, 15) is 14.0 Å². The lowest BCUT2D eigenvalue weighted by molar-refractivity contribution is -0.119. The van der Waals surface area contributed by atoms with Crippen molar-refractivity contribution in [2.45, 2.75) is 33.5 Å². The third kappa shape index (κ3) is 5.69. The van der Waals surface area contributed by atoms with Crippen LogP contribution in [0.2, 0.25) is 0 Å². The zero-order valence-corrected chi connectivity index (χ0v) is 18.1. The highest BCUT2D eigenvalue weighted by Crippen LogP contribution is 2.29. The number of halogens is 2. The van der Waals surface area contributed by atoms with E-state index in [0.717, 1.165) is 0 Å². The number of nitrogens with zero attached hydrogens (tertiary/aromatic N) is 3. The first-order chi connectivity index (χ1) is 15.9. The summed E-state index contributed by atoms with van der Waals surface area (Å²) in [7, 11) is 0. The van der Waals surface area contributed by atoms with Gasteiger partial charge in [-0.1, -0.05) is 7.43 Å². The van der Waals surface area contributed by atoms with Crippen LogP contribution in [0.1, 0.15) is 26.5 Å². The highest BCUT2D eigenvalue weighted by molar-refractivity contribution is 5.90. The zero-order valence-electron chi connectivity index (χ0n) is 18.1. The van der Waals surface area contributed by atoms with Crippen LogP contribution in [0.5, 0.6) is 0 Å². The molecule has 1 atom stereocenters. The van der Waals surface area contributed by atoms with Gasteiger partial charge in [-0.3, -0.25) is 14.1 Å². The maximum atomic E-state index is 15.0. The Morgan fingerprint density at radius 1 is 1.29 bits per heavy atom. The monoisotopic (exact) mass is 474 g/mol. The number of pyridine rings is 1. The Morgan fingerprint density at radius 2 is 2.12 bits per heavy atom. The third-order valence-corrected chi connectivity index (χ3v) is 5.20. The largest absolute Gasteiger partial charge is 0.442 e. The molecular formula is C24H28F2N4O4. The fourth-order valence-electron chi connectivity index (χ4n) is 3.61. The molecule has 10 heteroatoms. The van der Waals surface area contributed by atoms with Crippen LogP contribution in [0, 0.1) is 5.82 Å². The van der Waals surface area contributed by atoms with E-state index in [1.807, 2.05) is 0 Å². The van der Waals surface area contributed by atoms with Crippen molar-refractivity contribution in [3.63, 3.8) is 0 Å². The van der Waals surface area contributed by atoms with Gasteiger partial charge in [-0.2, -0.15) is 0 Å². The molecule has 1 saturated heterocycles. The summed E-state index contributed by atoms with van der Waals surface area (Å²) in [5.74, 6) is -0.703. The van der Waals surface area contributed by atoms with Gasteiger partial charge in [0.1, 0.15) is 17.6 Å². The first-order valence-corrected chi connectivity index (χ1v) is 10.6. The Balaban J connectivity index is 0.00000324. The summed E-state index contributed by atoms with van der Waals surface area (Å²) in [5, 5.41) is 2.61. The molecule has 1 aromatic carbocycles. The number of carbonyl (C=O) groups is 2. The number of nitrogens with one attached hydrogen (secondary N) is 1. The van der Waals surface area contributed by atoms with E-state index in [4.69, 9.17) is 9.47 Å². The molecule has 1 aliphatic rings. The number of carbonyl (C=O) groups excluding carboxylic acids is 2. The van der Waals surface area contributed by atoms with Gasteiger partial charge in [0.05, 0.1) is 37.8 Å². The molecule has 0 radical (unpaired) electrons. The Labute approximate surface area is 196 Å². The standard InChI is InChI=1S/C23H24F2N4O4.CH4/c1-15(30)26-10-19-13-29(23(31)33-19)18-4-5-20(21(25)9-18)16-3-6-22-27-17(12-28(22)11-16)14-32-8-2-7-24;/h3-6,9,11-12,19H,2,7-8,10,13-14H2,1H3,(H,26,30);1H4/t19-;/m0./s1. The van der Waals surface area contributed by atoms with Crippen LogP contribution in [0.4, 0.5) is 19.3 Å². The van der Waals surface area contributed by atoms with Gasteiger partial charge >= 0.3 is 6.09 Å². The molecule has 1 N–H and O–H groups in total. The van der Waals surface area contributed by atoms with Crippen molar-refractivity contribution >= 4 is 23.3 Å². The second kappa shape index (κ2) is 11.1. The summed E-state index contributed by atoms with van der Waals surface area (Å²) < 4.78 is 39.6. The van der Waals surface area contributed by atoms with E-state index in [2.05, 4.69) is 10.3 Å². The summed E-state index contributed by atoms with van der Waals surface area (Å²) in [5.41, 5.74) is 2.77. The minimum absolute atomic E-state index is 0. The number of fused-ring (bicyclic) bond motifs is 1. The second-order valence-corrected chi connectivity index (χ2v) is 7.73. The SMILES string of the molecule is C.CC(=O)NC[C@H]1CN(c2ccc(-c3ccc4nc(COCCCF)cn4c3)c(F)c2)C(=O)O1. The lowest BCUT2D eigenvalue weighted by Gasteiger charge is -2.14. The maximum Gasteiger partial charge on any atom is 0.414 e. The van der Waals surface area contributed by atoms with E-state index < -0.39 is 24.7 Å². The Hall–Kier alpha value is -3.53. The molecule has 3 heterocycles. The topological polar surface area (TPSA) is 85.2 Å². The van der Waals surface area contributed by atoms with Gasteiger partial charge in [0.2, 0.25) is 5.91 Å². The molecule has 1 fully saturated rings. The number of anilines is 1. The van der Waals surface area contributed by atoms with Crippen LogP contribution in [-0.2, 0) is 20.9 Å². The molecule has 182 valence electrons. The van der Waals surface area contributed by atoms with Crippen LogP contribution in [0.15, 0.2) is 42.7 Å². The minimum Gasteiger partial charge on any atom is -0.442 e. The van der Waals surface area contributed by atoms with Gasteiger partial charge in [-0.05, 0) is 36.8 Å². The molecule has 34 heavy (non-hydrogen) atoms. The summed E-state index contributed by atoms with van der Waals surface area (Å²) in [6.07, 6.45) is 2.81. The summed E-state index contributed by atoms with van der Waals surface area (Å²) in [4.78, 5) is 29.0. The second-order valence-electron chi connectivity index (χ2n) is 7.73. The average molecular weight is 475 g/mol. The normalized spacial score (nSPS) is 15.3. The van der Waals surface area contributed by atoms with Crippen molar-refractivity contribution < 1.29 is 27.8 Å². The molecule has 0 aliphatic carbocycles. The smallest absolute Gasteiger partial charge is 0.414 e. The van der Waals surface area contributed by atoms with Crippen molar-refractivity contribution in [1.82, 2.24) is 14.7 Å². The van der Waals surface area contributed by atoms with E-state index in [0.29, 0.717) is 41.2 Å². The van der Waals surface area contributed by atoms with Gasteiger partial charge in [-0.25, -0.2) is 14.2 Å². The van der Waals surface area contributed by atoms with Gasteiger partial charge in [-0.15, -0.1) is 0 Å². The number of amides is 2. The molecule has 3 aromatic rings. The van der Waals surface area contributed by atoms with Crippen molar-refractivity contribution in [1.29, 1.82) is 0 Å². The molecule has 0 spiro atoms. The van der Waals surface area contributed by atoms with Crippen molar-refractivity contribution in [3.8, 4) is 11.1 Å². The Morgan fingerprint density at radius 3 is 2.85 bits per heavy atom. The maximum absolute atomic E-state index is 15.0. The van der Waals surface area contributed by atoms with Crippen LogP contribution < -0.4 is 10.2 Å². The van der Waals surface area contributed by atoms with E-state index in [1.165, 1.54) is 17.9 Å². The quantitative estimate of drug-likeness (QED) is 0.472. The van der Waals surface area contributed by atoms with Gasteiger partial charge in [0, 0.05) is 37.1 Å². The van der Waals surface area contributed by atoms with Crippen LogP contribution in [-0.4, -0.2) is 53.9 Å². The van der Waals surface area contributed by atoms with E-state index in [-0.39, 0.29) is 33.0 Å². The van der Waals surface area contributed by atoms with E-state index in [1.54, 1.807) is 41.1 Å². The van der Waals surface area contributed by atoms with E-state index >= 15 is 4.39 Å². The highest BCUT2D eigenvalue weighted by atomic mass is 19.1.